The summed E-state index contributed by atoms with van der Waals surface area (Å²) in [4.78, 5) is 12.2. The normalized spacial score (nSPS) is 11.5. The Balaban J connectivity index is 1.75. The third-order valence-electron chi connectivity index (χ3n) is 4.20. The molecule has 1 amide bonds. The lowest BCUT2D eigenvalue weighted by molar-refractivity contribution is -0.123. The zero-order valence-corrected chi connectivity index (χ0v) is 18.0. The molecular weight excluding hydrogens is 392 g/mol. The Bertz CT molecular complexity index is 909. The maximum atomic E-state index is 12.0. The minimum atomic E-state index is -3.46. The van der Waals surface area contributed by atoms with Crippen LogP contribution in [0.3, 0.4) is 0 Å². The van der Waals surface area contributed by atoms with E-state index in [9.17, 15) is 13.2 Å². The summed E-state index contributed by atoms with van der Waals surface area (Å²) in [6.45, 7) is 4.64. The molecule has 0 saturated carbocycles. The van der Waals surface area contributed by atoms with Gasteiger partial charge in [-0.05, 0) is 41.8 Å². The van der Waals surface area contributed by atoms with E-state index in [0.717, 1.165) is 9.87 Å². The van der Waals surface area contributed by atoms with Gasteiger partial charge in [0.25, 0.3) is 5.91 Å². The van der Waals surface area contributed by atoms with Crippen LogP contribution in [0, 0.1) is 0 Å². The fourth-order valence-corrected chi connectivity index (χ4v) is 3.46. The Morgan fingerprint density at radius 3 is 2.31 bits per heavy atom. The van der Waals surface area contributed by atoms with Crippen molar-refractivity contribution in [1.82, 2.24) is 9.62 Å². The zero-order chi connectivity index (χ0) is 21.4. The third-order valence-corrected chi connectivity index (χ3v) is 6.02. The van der Waals surface area contributed by atoms with Crippen molar-refractivity contribution < 1.29 is 22.7 Å². The molecule has 0 unspecified atom stereocenters. The van der Waals surface area contributed by atoms with Gasteiger partial charge in [0.2, 0.25) is 10.0 Å². The van der Waals surface area contributed by atoms with Crippen LogP contribution >= 0.6 is 0 Å². The molecule has 0 saturated heterocycles. The molecule has 0 bridgehead atoms. The molecule has 0 aliphatic heterocycles. The van der Waals surface area contributed by atoms with Gasteiger partial charge in [-0.1, -0.05) is 32.0 Å². The second kappa shape index (κ2) is 10.3. The maximum Gasteiger partial charge on any atom is 0.258 e. The first kappa shape index (κ1) is 22.7. The number of carbonyl (C=O) groups excluding carboxylic acids is 1. The minimum Gasteiger partial charge on any atom is -0.492 e. The highest BCUT2D eigenvalue weighted by Gasteiger charge is 2.16. The number of sulfonamides is 1. The summed E-state index contributed by atoms with van der Waals surface area (Å²) in [6, 6.07) is 13.8. The molecular formula is C21H28N2O5S. The second-order valence-electron chi connectivity index (χ2n) is 6.94. The van der Waals surface area contributed by atoms with E-state index in [1.165, 1.54) is 26.2 Å². The number of carbonyl (C=O) groups is 1. The van der Waals surface area contributed by atoms with Crippen molar-refractivity contribution in [2.45, 2.75) is 24.7 Å². The maximum absolute atomic E-state index is 12.0. The number of hydrogen-bond acceptors (Lipinski definition) is 5. The SMILES string of the molecule is CC(C)c1ccccc1OCC(=O)NCCOc1ccc(S(=O)(=O)N(C)C)cc1. The molecule has 0 aliphatic carbocycles. The average Bonchev–Trinajstić information content (AvgIpc) is 2.70. The van der Waals surface area contributed by atoms with Crippen LogP contribution < -0.4 is 14.8 Å². The number of nitrogens with zero attached hydrogens (tertiary/aromatic N) is 1. The Hall–Kier alpha value is -2.58. The van der Waals surface area contributed by atoms with Crippen LogP contribution in [0.1, 0.15) is 25.3 Å². The van der Waals surface area contributed by atoms with Crippen molar-refractivity contribution in [3.8, 4) is 11.5 Å². The lowest BCUT2D eigenvalue weighted by Gasteiger charge is -2.14. The Morgan fingerprint density at radius 2 is 1.69 bits per heavy atom. The molecule has 2 aromatic rings. The molecule has 29 heavy (non-hydrogen) atoms. The van der Waals surface area contributed by atoms with Gasteiger partial charge in [0.15, 0.2) is 6.61 Å². The van der Waals surface area contributed by atoms with Crippen molar-refractivity contribution in [3.05, 3.63) is 54.1 Å². The average molecular weight is 421 g/mol. The fourth-order valence-electron chi connectivity index (χ4n) is 2.56. The minimum absolute atomic E-state index is 0.0686. The van der Waals surface area contributed by atoms with Crippen LogP contribution in [-0.2, 0) is 14.8 Å². The highest BCUT2D eigenvalue weighted by molar-refractivity contribution is 7.89. The van der Waals surface area contributed by atoms with E-state index in [1.54, 1.807) is 12.1 Å². The number of para-hydroxylation sites is 1. The van der Waals surface area contributed by atoms with Crippen molar-refractivity contribution in [3.63, 3.8) is 0 Å². The molecule has 0 fully saturated rings. The number of rotatable bonds is 10. The topological polar surface area (TPSA) is 84.9 Å². The first-order chi connectivity index (χ1) is 13.7. The van der Waals surface area contributed by atoms with E-state index in [0.29, 0.717) is 24.0 Å². The van der Waals surface area contributed by atoms with Crippen LogP contribution in [-0.4, -0.2) is 52.5 Å². The highest BCUT2D eigenvalue weighted by Crippen LogP contribution is 2.25. The van der Waals surface area contributed by atoms with E-state index in [-0.39, 0.29) is 24.0 Å². The number of benzene rings is 2. The Morgan fingerprint density at radius 1 is 1.03 bits per heavy atom. The Labute approximate surface area is 172 Å². The molecule has 0 spiro atoms. The number of ether oxygens (including phenoxy) is 2. The summed E-state index contributed by atoms with van der Waals surface area (Å²) in [5.74, 6) is 1.31. The molecule has 2 rings (SSSR count). The van der Waals surface area contributed by atoms with Gasteiger partial charge in [-0.2, -0.15) is 0 Å². The molecule has 158 valence electrons. The molecule has 0 heterocycles. The van der Waals surface area contributed by atoms with Gasteiger partial charge in [0, 0.05) is 14.1 Å². The molecule has 0 aliphatic rings. The van der Waals surface area contributed by atoms with Crippen molar-refractivity contribution in [2.24, 2.45) is 0 Å². The predicted molar refractivity (Wildman–Crippen MR) is 112 cm³/mol. The summed E-state index contributed by atoms with van der Waals surface area (Å²) < 4.78 is 36.4. The molecule has 1 N–H and O–H groups in total. The summed E-state index contributed by atoms with van der Waals surface area (Å²) in [7, 11) is -0.502. The van der Waals surface area contributed by atoms with Gasteiger partial charge in [0.05, 0.1) is 11.4 Å². The number of nitrogens with one attached hydrogen (secondary N) is 1. The molecule has 8 heteroatoms. The second-order valence-corrected chi connectivity index (χ2v) is 9.09. The standard InChI is InChI=1S/C21H28N2O5S/c1-16(2)19-7-5-6-8-20(19)28-15-21(24)22-13-14-27-17-9-11-18(12-10-17)29(25,26)23(3)4/h5-12,16H,13-15H2,1-4H3,(H,22,24). The molecule has 7 nitrogen and oxygen atoms in total. The largest absolute Gasteiger partial charge is 0.492 e. The molecule has 2 aromatic carbocycles. The first-order valence-electron chi connectivity index (χ1n) is 9.35. The molecule has 0 aromatic heterocycles. The van der Waals surface area contributed by atoms with E-state index in [1.807, 2.05) is 24.3 Å². The summed E-state index contributed by atoms with van der Waals surface area (Å²) in [5.41, 5.74) is 1.06. The molecule has 0 radical (unpaired) electrons. The van der Waals surface area contributed by atoms with Gasteiger partial charge in [-0.15, -0.1) is 0 Å². The zero-order valence-electron chi connectivity index (χ0n) is 17.2. The van der Waals surface area contributed by atoms with Crippen LogP contribution in [0.25, 0.3) is 0 Å². The fraction of sp³-hybridized carbons (Fsp3) is 0.381. The van der Waals surface area contributed by atoms with E-state index in [2.05, 4.69) is 19.2 Å². The van der Waals surface area contributed by atoms with Crippen molar-refractivity contribution >= 4 is 15.9 Å². The monoisotopic (exact) mass is 420 g/mol. The molecule has 0 atom stereocenters. The van der Waals surface area contributed by atoms with Crippen LogP contribution in [0.4, 0.5) is 0 Å². The summed E-state index contributed by atoms with van der Waals surface area (Å²) in [6.07, 6.45) is 0. The van der Waals surface area contributed by atoms with Crippen LogP contribution in [0.15, 0.2) is 53.4 Å². The van der Waals surface area contributed by atoms with Crippen LogP contribution in [0.2, 0.25) is 0 Å². The van der Waals surface area contributed by atoms with Crippen molar-refractivity contribution in [1.29, 1.82) is 0 Å². The van der Waals surface area contributed by atoms with Gasteiger partial charge in [-0.3, -0.25) is 4.79 Å². The van der Waals surface area contributed by atoms with Gasteiger partial charge >= 0.3 is 0 Å². The lowest BCUT2D eigenvalue weighted by atomic mass is 10.0. The van der Waals surface area contributed by atoms with Gasteiger partial charge in [0.1, 0.15) is 18.1 Å². The quantitative estimate of drug-likeness (QED) is 0.598. The smallest absolute Gasteiger partial charge is 0.258 e. The van der Waals surface area contributed by atoms with Crippen molar-refractivity contribution in [2.75, 3.05) is 33.9 Å². The van der Waals surface area contributed by atoms with Gasteiger partial charge < -0.3 is 14.8 Å². The van der Waals surface area contributed by atoms with E-state index < -0.39 is 10.0 Å². The van der Waals surface area contributed by atoms with Crippen LogP contribution in [0.5, 0.6) is 11.5 Å². The van der Waals surface area contributed by atoms with Gasteiger partial charge in [-0.25, -0.2) is 12.7 Å². The predicted octanol–water partition coefficient (Wildman–Crippen LogP) is 2.63. The summed E-state index contributed by atoms with van der Waals surface area (Å²) in [5, 5.41) is 2.73. The van der Waals surface area contributed by atoms with E-state index >= 15 is 0 Å². The lowest BCUT2D eigenvalue weighted by Crippen LogP contribution is -2.32. The first-order valence-corrected chi connectivity index (χ1v) is 10.8. The third kappa shape index (κ3) is 6.47. The Kier molecular flexibility index (Phi) is 8.04. The number of hydrogen-bond donors (Lipinski definition) is 1. The highest BCUT2D eigenvalue weighted by atomic mass is 32.2. The number of amides is 1. The summed E-state index contributed by atoms with van der Waals surface area (Å²) >= 11 is 0. The van der Waals surface area contributed by atoms with E-state index in [4.69, 9.17) is 9.47 Å².